The summed E-state index contributed by atoms with van der Waals surface area (Å²) in [7, 11) is 0. The zero-order valence-electron chi connectivity index (χ0n) is 18.1. The number of anilines is 1. The van der Waals surface area contributed by atoms with E-state index in [2.05, 4.69) is 4.90 Å². The van der Waals surface area contributed by atoms with Gasteiger partial charge in [0.25, 0.3) is 0 Å². The number of carbonyl (C=O) groups excluding carboxylic acids is 1. The Morgan fingerprint density at radius 1 is 1.09 bits per heavy atom. The second kappa shape index (κ2) is 9.25. The molecule has 0 saturated carbocycles. The number of aromatic nitrogens is 1. The molecule has 2 fully saturated rings. The molecule has 0 spiro atoms. The molecule has 2 aliphatic heterocycles. The smallest absolute Gasteiger partial charge is 0.341 e. The summed E-state index contributed by atoms with van der Waals surface area (Å²) in [5.74, 6) is -1.80. The van der Waals surface area contributed by atoms with E-state index in [4.69, 9.17) is 4.74 Å². The molecule has 0 radical (unpaired) electrons. The summed E-state index contributed by atoms with van der Waals surface area (Å²) in [5.41, 5.74) is -0.177. The van der Waals surface area contributed by atoms with Gasteiger partial charge in [0.15, 0.2) is 0 Å². The molecule has 2 aromatic rings. The number of halogens is 1. The summed E-state index contributed by atoms with van der Waals surface area (Å²) in [4.78, 5) is 42.2. The lowest BCUT2D eigenvalue weighted by Gasteiger charge is -2.37. The van der Waals surface area contributed by atoms with Crippen molar-refractivity contribution in [3.8, 4) is 0 Å². The lowest BCUT2D eigenvalue weighted by molar-refractivity contribution is -0.136. The van der Waals surface area contributed by atoms with Crippen LogP contribution < -0.4 is 10.3 Å². The van der Waals surface area contributed by atoms with Crippen LogP contribution in [0.2, 0.25) is 0 Å². The summed E-state index contributed by atoms with van der Waals surface area (Å²) in [6.45, 7) is 7.30. The van der Waals surface area contributed by atoms with Gasteiger partial charge in [0.2, 0.25) is 11.3 Å². The molecule has 1 amide bonds. The molecule has 32 heavy (non-hydrogen) atoms. The van der Waals surface area contributed by atoms with Gasteiger partial charge in [-0.25, -0.2) is 9.18 Å². The van der Waals surface area contributed by atoms with Gasteiger partial charge in [0.05, 0.1) is 31.0 Å². The number of carbonyl (C=O) groups is 2. The molecular formula is C22H27FN4O5. The second-order valence-electron chi connectivity index (χ2n) is 8.04. The third kappa shape index (κ3) is 4.33. The van der Waals surface area contributed by atoms with E-state index in [-0.39, 0.29) is 16.9 Å². The average Bonchev–Trinajstić information content (AvgIpc) is 2.80. The standard InChI is InChI=1S/C22H27FN4O5/c1-2-25-13-16(22(30)31)21(29)15-11-17(23)19(12-18(15)25)26-5-3-24(4-6-26)14-20(28)27-7-9-32-10-8-27/h11-13H,2-10,14H2,1H3,(H,30,31). The van der Waals surface area contributed by atoms with Crippen molar-refractivity contribution in [2.45, 2.75) is 13.5 Å². The molecule has 1 aromatic carbocycles. The van der Waals surface area contributed by atoms with Crippen LogP contribution >= 0.6 is 0 Å². The number of carboxylic acid groups (broad SMARTS) is 1. The van der Waals surface area contributed by atoms with Crippen molar-refractivity contribution in [1.82, 2.24) is 14.4 Å². The normalized spacial score (nSPS) is 17.7. The molecule has 172 valence electrons. The maximum atomic E-state index is 15.0. The number of morpholine rings is 1. The number of benzene rings is 1. The zero-order chi connectivity index (χ0) is 22.8. The topological polar surface area (TPSA) is 95.3 Å². The Morgan fingerprint density at radius 2 is 1.78 bits per heavy atom. The third-order valence-corrected chi connectivity index (χ3v) is 6.16. The molecule has 0 unspecified atom stereocenters. The molecule has 2 saturated heterocycles. The van der Waals surface area contributed by atoms with Crippen LogP contribution in [0.1, 0.15) is 17.3 Å². The summed E-state index contributed by atoms with van der Waals surface area (Å²) < 4.78 is 21.9. The van der Waals surface area contributed by atoms with E-state index in [1.54, 1.807) is 10.6 Å². The second-order valence-corrected chi connectivity index (χ2v) is 8.04. The highest BCUT2D eigenvalue weighted by Gasteiger charge is 2.25. The Bertz CT molecular complexity index is 1090. The highest BCUT2D eigenvalue weighted by atomic mass is 19.1. The fourth-order valence-corrected chi connectivity index (χ4v) is 4.31. The Kier molecular flexibility index (Phi) is 6.43. The van der Waals surface area contributed by atoms with Crippen molar-refractivity contribution >= 4 is 28.5 Å². The first-order valence-corrected chi connectivity index (χ1v) is 10.8. The number of piperazine rings is 1. The van der Waals surface area contributed by atoms with Crippen molar-refractivity contribution in [3.05, 3.63) is 39.9 Å². The predicted molar refractivity (Wildman–Crippen MR) is 117 cm³/mol. The quantitative estimate of drug-likeness (QED) is 0.727. The van der Waals surface area contributed by atoms with Crippen molar-refractivity contribution in [1.29, 1.82) is 0 Å². The first-order chi connectivity index (χ1) is 15.4. The molecule has 1 N–H and O–H groups in total. The number of nitrogens with zero attached hydrogens (tertiary/aromatic N) is 4. The molecule has 10 heteroatoms. The zero-order valence-corrected chi connectivity index (χ0v) is 18.1. The molecule has 2 aliphatic rings. The number of rotatable bonds is 5. The molecule has 0 bridgehead atoms. The van der Waals surface area contributed by atoms with E-state index in [9.17, 15) is 23.9 Å². The van der Waals surface area contributed by atoms with Crippen molar-refractivity contribution < 1.29 is 23.8 Å². The summed E-state index contributed by atoms with van der Waals surface area (Å²) >= 11 is 0. The van der Waals surface area contributed by atoms with Crippen LogP contribution in [0.25, 0.3) is 10.9 Å². The Labute approximate surface area is 184 Å². The molecule has 9 nitrogen and oxygen atoms in total. The predicted octanol–water partition coefficient (Wildman–Crippen LogP) is 0.840. The minimum absolute atomic E-state index is 0.0581. The molecular weight excluding hydrogens is 419 g/mol. The van der Waals surface area contributed by atoms with Gasteiger partial charge in [0, 0.05) is 57.4 Å². The molecule has 0 atom stereocenters. The Balaban J connectivity index is 1.51. The molecule has 4 rings (SSSR count). The van der Waals surface area contributed by atoms with Gasteiger partial charge in [-0.05, 0) is 19.1 Å². The first kappa shape index (κ1) is 22.2. The van der Waals surface area contributed by atoms with E-state index in [0.29, 0.717) is 76.8 Å². The molecule has 1 aromatic heterocycles. The number of aromatic carboxylic acids is 1. The van der Waals surface area contributed by atoms with Crippen LogP contribution in [-0.2, 0) is 16.1 Å². The van der Waals surface area contributed by atoms with Crippen LogP contribution in [0.4, 0.5) is 10.1 Å². The van der Waals surface area contributed by atoms with Gasteiger partial charge in [-0.1, -0.05) is 0 Å². The van der Waals surface area contributed by atoms with Gasteiger partial charge >= 0.3 is 5.97 Å². The minimum atomic E-state index is -1.33. The number of amides is 1. The highest BCUT2D eigenvalue weighted by Crippen LogP contribution is 2.26. The van der Waals surface area contributed by atoms with Gasteiger partial charge in [-0.2, -0.15) is 0 Å². The largest absolute Gasteiger partial charge is 0.477 e. The lowest BCUT2D eigenvalue weighted by atomic mass is 10.1. The maximum Gasteiger partial charge on any atom is 0.341 e. The Morgan fingerprint density at radius 3 is 2.41 bits per heavy atom. The van der Waals surface area contributed by atoms with Crippen molar-refractivity contribution in [2.75, 3.05) is 63.9 Å². The van der Waals surface area contributed by atoms with Crippen LogP contribution in [0.5, 0.6) is 0 Å². The number of pyridine rings is 1. The third-order valence-electron chi connectivity index (χ3n) is 6.16. The summed E-state index contributed by atoms with van der Waals surface area (Å²) in [6.07, 6.45) is 1.31. The average molecular weight is 446 g/mol. The number of hydrogen-bond donors (Lipinski definition) is 1. The van der Waals surface area contributed by atoms with Gasteiger partial charge in [0.1, 0.15) is 11.4 Å². The SMILES string of the molecule is CCn1cc(C(=O)O)c(=O)c2cc(F)c(N3CCN(CC(=O)N4CCOCC4)CC3)cc21. The van der Waals surface area contributed by atoms with E-state index in [0.717, 1.165) is 6.07 Å². The fraction of sp³-hybridized carbons (Fsp3) is 0.500. The summed E-state index contributed by atoms with van der Waals surface area (Å²) in [5, 5.41) is 9.35. The number of fused-ring (bicyclic) bond motifs is 1. The maximum absolute atomic E-state index is 15.0. The lowest BCUT2D eigenvalue weighted by Crippen LogP contribution is -2.51. The Hall–Kier alpha value is -2.98. The molecule has 0 aliphatic carbocycles. The van der Waals surface area contributed by atoms with Crippen LogP contribution in [0.15, 0.2) is 23.1 Å². The van der Waals surface area contributed by atoms with Crippen molar-refractivity contribution in [2.24, 2.45) is 0 Å². The number of carboxylic acids is 1. The number of aryl methyl sites for hydroxylation is 1. The number of hydrogen-bond acceptors (Lipinski definition) is 6. The first-order valence-electron chi connectivity index (χ1n) is 10.8. The fourth-order valence-electron chi connectivity index (χ4n) is 4.31. The van der Waals surface area contributed by atoms with Gasteiger partial charge < -0.3 is 24.2 Å². The van der Waals surface area contributed by atoms with E-state index in [1.165, 1.54) is 6.20 Å². The summed E-state index contributed by atoms with van der Waals surface area (Å²) in [6, 6.07) is 2.76. The minimum Gasteiger partial charge on any atom is -0.477 e. The number of ether oxygens (including phenoxy) is 1. The van der Waals surface area contributed by atoms with E-state index >= 15 is 0 Å². The van der Waals surface area contributed by atoms with Crippen LogP contribution in [0.3, 0.4) is 0 Å². The molecule has 3 heterocycles. The highest BCUT2D eigenvalue weighted by molar-refractivity contribution is 5.93. The van der Waals surface area contributed by atoms with Gasteiger partial charge in [-0.3, -0.25) is 14.5 Å². The monoisotopic (exact) mass is 446 g/mol. The van der Waals surface area contributed by atoms with Gasteiger partial charge in [-0.15, -0.1) is 0 Å². The van der Waals surface area contributed by atoms with E-state index < -0.39 is 17.2 Å². The van der Waals surface area contributed by atoms with Crippen molar-refractivity contribution in [3.63, 3.8) is 0 Å². The van der Waals surface area contributed by atoms with Crippen LogP contribution in [0, 0.1) is 5.82 Å². The van der Waals surface area contributed by atoms with E-state index in [1.807, 2.05) is 16.7 Å². The van der Waals surface area contributed by atoms with Crippen LogP contribution in [-0.4, -0.2) is 90.4 Å².